The third-order valence-corrected chi connectivity index (χ3v) is 2.49. The average molecular weight is 249 g/mol. The highest BCUT2D eigenvalue weighted by Gasteiger charge is 2.16. The van der Waals surface area contributed by atoms with Crippen LogP contribution >= 0.6 is 0 Å². The number of nitrogens with one attached hydrogen (secondary N) is 1. The summed E-state index contributed by atoms with van der Waals surface area (Å²) in [5, 5.41) is 11.4. The van der Waals surface area contributed by atoms with Crippen molar-refractivity contribution < 1.29 is 23.5 Å². The van der Waals surface area contributed by atoms with Crippen LogP contribution in [0.25, 0.3) is 0 Å². The van der Waals surface area contributed by atoms with Crippen molar-refractivity contribution in [3.8, 4) is 0 Å². The van der Waals surface area contributed by atoms with Gasteiger partial charge in [-0.1, -0.05) is 0 Å². The molecule has 0 aliphatic carbocycles. The lowest BCUT2D eigenvalue weighted by Gasteiger charge is -2.03. The summed E-state index contributed by atoms with van der Waals surface area (Å²) in [5.74, 6) is -0.719. The minimum atomic E-state index is -1.09. The average Bonchev–Trinajstić information content (AvgIpc) is 2.94. The van der Waals surface area contributed by atoms with Gasteiger partial charge in [0.25, 0.3) is 5.91 Å². The lowest BCUT2D eigenvalue weighted by Crippen LogP contribution is -2.23. The Balaban J connectivity index is 2.04. The molecule has 18 heavy (non-hydrogen) atoms. The Hall–Kier alpha value is -2.50. The van der Waals surface area contributed by atoms with Gasteiger partial charge in [0.05, 0.1) is 24.6 Å². The van der Waals surface area contributed by atoms with E-state index in [4.69, 9.17) is 13.9 Å². The number of furan rings is 2. The van der Waals surface area contributed by atoms with Gasteiger partial charge in [-0.25, -0.2) is 4.79 Å². The van der Waals surface area contributed by atoms with E-state index in [1.165, 1.54) is 18.6 Å². The first kappa shape index (κ1) is 12.0. The van der Waals surface area contributed by atoms with Crippen LogP contribution in [-0.4, -0.2) is 17.0 Å². The van der Waals surface area contributed by atoms with Crippen LogP contribution in [0.2, 0.25) is 0 Å². The molecule has 0 aliphatic heterocycles. The molecule has 0 aliphatic rings. The summed E-state index contributed by atoms with van der Waals surface area (Å²) in [7, 11) is 0. The highest BCUT2D eigenvalue weighted by Crippen LogP contribution is 2.12. The third kappa shape index (κ3) is 2.27. The van der Waals surface area contributed by atoms with Crippen LogP contribution in [0.5, 0.6) is 0 Å². The summed E-state index contributed by atoms with van der Waals surface area (Å²) >= 11 is 0. The summed E-state index contributed by atoms with van der Waals surface area (Å²) in [6.07, 6.45) is 2.69. The van der Waals surface area contributed by atoms with Gasteiger partial charge in [0.15, 0.2) is 0 Å². The van der Waals surface area contributed by atoms with Crippen molar-refractivity contribution in [3.63, 3.8) is 0 Å². The molecule has 0 saturated carbocycles. The summed E-state index contributed by atoms with van der Waals surface area (Å²) < 4.78 is 10.0. The lowest BCUT2D eigenvalue weighted by molar-refractivity contribution is 0.0692. The molecule has 6 heteroatoms. The first-order chi connectivity index (χ1) is 8.59. The Morgan fingerprint density at radius 1 is 1.22 bits per heavy atom. The van der Waals surface area contributed by atoms with Crippen molar-refractivity contribution in [1.82, 2.24) is 5.32 Å². The molecule has 0 fully saturated rings. The minimum absolute atomic E-state index is 0.0120. The number of hydrogen-bond donors (Lipinski definition) is 2. The topological polar surface area (TPSA) is 92.7 Å². The second kappa shape index (κ2) is 4.79. The van der Waals surface area contributed by atoms with Gasteiger partial charge in [-0.05, 0) is 19.1 Å². The van der Waals surface area contributed by atoms with Gasteiger partial charge >= 0.3 is 5.97 Å². The number of amides is 1. The zero-order valence-corrected chi connectivity index (χ0v) is 9.60. The van der Waals surface area contributed by atoms with E-state index in [0.717, 1.165) is 0 Å². The second-order valence-corrected chi connectivity index (χ2v) is 3.64. The summed E-state index contributed by atoms with van der Waals surface area (Å²) in [6, 6.07) is 2.89. The fourth-order valence-electron chi connectivity index (χ4n) is 1.54. The highest BCUT2D eigenvalue weighted by molar-refractivity contribution is 5.95. The molecule has 1 amide bonds. The van der Waals surface area contributed by atoms with Crippen molar-refractivity contribution in [2.75, 3.05) is 0 Å². The summed E-state index contributed by atoms with van der Waals surface area (Å²) in [5.41, 5.74) is 0.456. The van der Waals surface area contributed by atoms with Gasteiger partial charge in [0.1, 0.15) is 17.1 Å². The van der Waals surface area contributed by atoms with Crippen LogP contribution in [0.4, 0.5) is 0 Å². The predicted molar refractivity (Wildman–Crippen MR) is 60.3 cm³/mol. The van der Waals surface area contributed by atoms with Gasteiger partial charge in [0, 0.05) is 0 Å². The second-order valence-electron chi connectivity index (χ2n) is 3.64. The Bertz CT molecular complexity index is 581. The number of carboxylic acids is 1. The monoisotopic (exact) mass is 249 g/mol. The standard InChI is InChI=1S/C12H11NO5/c1-7-8(2-4-17-7)11(14)13-6-10-9(12(15)16)3-5-18-10/h2-5H,6H2,1H3,(H,13,14)(H,15,16). The van der Waals surface area contributed by atoms with Crippen LogP contribution < -0.4 is 5.32 Å². The molecule has 2 heterocycles. The van der Waals surface area contributed by atoms with E-state index in [2.05, 4.69) is 5.32 Å². The van der Waals surface area contributed by atoms with Crippen molar-refractivity contribution in [3.05, 3.63) is 47.3 Å². The first-order valence-electron chi connectivity index (χ1n) is 5.21. The number of aryl methyl sites for hydroxylation is 1. The molecule has 0 saturated heterocycles. The summed E-state index contributed by atoms with van der Waals surface area (Å²) in [6.45, 7) is 1.68. The Morgan fingerprint density at radius 3 is 2.50 bits per heavy atom. The molecule has 0 radical (unpaired) electrons. The molecule has 0 spiro atoms. The smallest absolute Gasteiger partial charge is 0.339 e. The maximum atomic E-state index is 11.7. The van der Waals surface area contributed by atoms with E-state index in [0.29, 0.717) is 11.3 Å². The van der Waals surface area contributed by atoms with Crippen molar-refractivity contribution in [1.29, 1.82) is 0 Å². The van der Waals surface area contributed by atoms with Crippen LogP contribution in [-0.2, 0) is 6.54 Å². The SMILES string of the molecule is Cc1occc1C(=O)NCc1occc1C(=O)O. The minimum Gasteiger partial charge on any atom is -0.478 e. The number of aromatic carboxylic acids is 1. The summed E-state index contributed by atoms with van der Waals surface area (Å²) in [4.78, 5) is 22.6. The van der Waals surface area contributed by atoms with E-state index in [1.807, 2.05) is 0 Å². The van der Waals surface area contributed by atoms with Crippen LogP contribution in [0, 0.1) is 6.92 Å². The molecular weight excluding hydrogens is 238 g/mol. The van der Waals surface area contributed by atoms with E-state index in [1.54, 1.807) is 13.0 Å². The van der Waals surface area contributed by atoms with Crippen LogP contribution in [0.15, 0.2) is 33.5 Å². The molecule has 2 aromatic heterocycles. The van der Waals surface area contributed by atoms with Gasteiger partial charge in [-0.2, -0.15) is 0 Å². The van der Waals surface area contributed by atoms with Gasteiger partial charge < -0.3 is 19.3 Å². The van der Waals surface area contributed by atoms with E-state index in [9.17, 15) is 9.59 Å². The largest absolute Gasteiger partial charge is 0.478 e. The van der Waals surface area contributed by atoms with Gasteiger partial charge in [-0.15, -0.1) is 0 Å². The highest BCUT2D eigenvalue weighted by atomic mass is 16.4. The van der Waals surface area contributed by atoms with E-state index < -0.39 is 5.97 Å². The molecule has 0 aromatic carbocycles. The fourth-order valence-corrected chi connectivity index (χ4v) is 1.54. The molecule has 2 aromatic rings. The predicted octanol–water partition coefficient (Wildman–Crippen LogP) is 1.81. The fraction of sp³-hybridized carbons (Fsp3) is 0.167. The molecule has 2 rings (SSSR count). The normalized spacial score (nSPS) is 10.3. The molecule has 2 N–H and O–H groups in total. The van der Waals surface area contributed by atoms with Crippen LogP contribution in [0.1, 0.15) is 32.2 Å². The number of carbonyl (C=O) groups is 2. The Labute approximate surface area is 102 Å². The molecule has 0 unspecified atom stereocenters. The van der Waals surface area contributed by atoms with Crippen LogP contribution in [0.3, 0.4) is 0 Å². The quantitative estimate of drug-likeness (QED) is 0.861. The number of carboxylic acid groups (broad SMARTS) is 1. The maximum absolute atomic E-state index is 11.7. The lowest BCUT2D eigenvalue weighted by atomic mass is 10.2. The molecule has 0 bridgehead atoms. The van der Waals surface area contributed by atoms with Crippen molar-refractivity contribution in [2.45, 2.75) is 13.5 Å². The van der Waals surface area contributed by atoms with E-state index >= 15 is 0 Å². The zero-order valence-electron chi connectivity index (χ0n) is 9.60. The molecular formula is C12H11NO5. The van der Waals surface area contributed by atoms with E-state index in [-0.39, 0.29) is 23.8 Å². The molecule has 94 valence electrons. The molecule has 0 atom stereocenters. The zero-order chi connectivity index (χ0) is 13.1. The van der Waals surface area contributed by atoms with Gasteiger partial charge in [0.2, 0.25) is 0 Å². The Morgan fingerprint density at radius 2 is 1.89 bits per heavy atom. The first-order valence-corrected chi connectivity index (χ1v) is 5.21. The number of hydrogen-bond acceptors (Lipinski definition) is 4. The molecule has 6 nitrogen and oxygen atoms in total. The number of rotatable bonds is 4. The Kier molecular flexibility index (Phi) is 3.18. The third-order valence-electron chi connectivity index (χ3n) is 2.49. The van der Waals surface area contributed by atoms with Crippen molar-refractivity contribution in [2.24, 2.45) is 0 Å². The maximum Gasteiger partial charge on any atom is 0.339 e. The van der Waals surface area contributed by atoms with Crippen molar-refractivity contribution >= 4 is 11.9 Å². The van der Waals surface area contributed by atoms with Gasteiger partial charge in [-0.3, -0.25) is 4.79 Å². The number of carbonyl (C=O) groups excluding carboxylic acids is 1.